The van der Waals surface area contributed by atoms with Crippen LogP contribution < -0.4 is 18.1 Å². The van der Waals surface area contributed by atoms with Gasteiger partial charge in [-0.1, -0.05) is 13.8 Å². The highest BCUT2D eigenvalue weighted by Crippen LogP contribution is 2.00. The van der Waals surface area contributed by atoms with Crippen LogP contribution in [-0.2, 0) is 4.79 Å². The van der Waals surface area contributed by atoms with Crippen molar-refractivity contribution >= 4 is 5.97 Å². The summed E-state index contributed by atoms with van der Waals surface area (Å²) in [5.74, 6) is -0.382. The second kappa shape index (κ2) is 5.50. The van der Waals surface area contributed by atoms with Gasteiger partial charge in [0, 0.05) is 6.42 Å². The fourth-order valence-electron chi connectivity index (χ4n) is 0.670. The van der Waals surface area contributed by atoms with Gasteiger partial charge in [0.15, 0.2) is 6.04 Å². The van der Waals surface area contributed by atoms with E-state index < -0.39 is 12.0 Å². The summed E-state index contributed by atoms with van der Waals surface area (Å²) >= 11 is 0. The highest BCUT2D eigenvalue weighted by Gasteiger charge is 2.15. The van der Waals surface area contributed by atoms with Gasteiger partial charge in [0.1, 0.15) is 0 Å². The van der Waals surface area contributed by atoms with Crippen molar-refractivity contribution in [2.45, 2.75) is 26.3 Å². The molecule has 0 spiro atoms. The Morgan fingerprint density at radius 1 is 1.60 bits per heavy atom. The summed E-state index contributed by atoms with van der Waals surface area (Å²) in [6.07, 6.45) is 0.662. The number of hydrogen-bond donors (Lipinski definition) is 2. The van der Waals surface area contributed by atoms with Crippen LogP contribution in [0.25, 0.3) is 0 Å². The summed E-state index contributed by atoms with van der Waals surface area (Å²) in [6.45, 7) is 3.97. The van der Waals surface area contributed by atoms with E-state index in [9.17, 15) is 4.79 Å². The molecular weight excluding hydrogens is 154 g/mol. The zero-order valence-electron chi connectivity index (χ0n) is 6.30. The zero-order chi connectivity index (χ0) is 7.44. The molecule has 1 atom stereocenters. The van der Waals surface area contributed by atoms with Crippen LogP contribution in [-0.4, -0.2) is 17.1 Å². The van der Waals surface area contributed by atoms with Crippen LogP contribution in [0, 0.1) is 5.92 Å². The van der Waals surface area contributed by atoms with E-state index in [1.165, 1.54) is 0 Å². The van der Waals surface area contributed by atoms with Gasteiger partial charge >= 0.3 is 5.97 Å². The third-order valence-corrected chi connectivity index (χ3v) is 1.11. The fraction of sp³-hybridized carbons (Fsp3) is 0.833. The number of quaternary nitrogens is 1. The maximum atomic E-state index is 10.2. The molecule has 0 aliphatic heterocycles. The molecule has 0 aliphatic rings. The van der Waals surface area contributed by atoms with Crippen LogP contribution >= 0.6 is 0 Å². The van der Waals surface area contributed by atoms with Crippen LogP contribution in [0.15, 0.2) is 0 Å². The number of carboxylic acids is 1. The van der Waals surface area contributed by atoms with Crippen molar-refractivity contribution in [1.82, 2.24) is 0 Å². The van der Waals surface area contributed by atoms with E-state index in [0.717, 1.165) is 0 Å². The molecule has 0 aromatic carbocycles. The average Bonchev–Trinajstić information content (AvgIpc) is 1.63. The number of carbonyl (C=O) groups is 1. The number of carboxylic acid groups (broad SMARTS) is 1. The van der Waals surface area contributed by atoms with E-state index in [1.54, 1.807) is 0 Å². The van der Waals surface area contributed by atoms with E-state index in [1.807, 2.05) is 13.8 Å². The Kier molecular flexibility index (Phi) is 6.82. The SMILES string of the molecule is CC(C)C[C@@H]([NH3+])C(=O)O.[Cl-]. The second-order valence-corrected chi connectivity index (χ2v) is 2.66. The smallest absolute Gasteiger partial charge is 0.362 e. The molecule has 0 bridgehead atoms. The first-order valence-corrected chi connectivity index (χ1v) is 3.10. The fourth-order valence-corrected chi connectivity index (χ4v) is 0.670. The molecule has 10 heavy (non-hydrogen) atoms. The summed E-state index contributed by atoms with van der Waals surface area (Å²) < 4.78 is 0. The minimum absolute atomic E-state index is 0. The molecule has 0 aromatic heterocycles. The monoisotopic (exact) mass is 167 g/mol. The van der Waals surface area contributed by atoms with Crippen LogP contribution in [0.5, 0.6) is 0 Å². The molecule has 0 unspecified atom stereocenters. The topological polar surface area (TPSA) is 64.9 Å². The predicted molar refractivity (Wildman–Crippen MR) is 33.8 cm³/mol. The first-order valence-electron chi connectivity index (χ1n) is 3.10. The minimum atomic E-state index is -0.802. The highest BCUT2D eigenvalue weighted by atomic mass is 35.5. The third kappa shape index (κ3) is 5.85. The molecule has 4 heteroatoms. The zero-order valence-corrected chi connectivity index (χ0v) is 7.06. The molecule has 0 amide bonds. The lowest BCUT2D eigenvalue weighted by atomic mass is 10.1. The molecular formula is C6H14ClNO2. The number of rotatable bonds is 3. The van der Waals surface area contributed by atoms with Crippen molar-refractivity contribution in [3.63, 3.8) is 0 Å². The van der Waals surface area contributed by atoms with Gasteiger partial charge in [-0.15, -0.1) is 0 Å². The number of aliphatic carboxylic acids is 1. The maximum Gasteiger partial charge on any atom is 0.362 e. The Hall–Kier alpha value is -0.280. The van der Waals surface area contributed by atoms with E-state index in [-0.39, 0.29) is 12.4 Å². The summed E-state index contributed by atoms with van der Waals surface area (Å²) in [5.41, 5.74) is 3.48. The van der Waals surface area contributed by atoms with Gasteiger partial charge < -0.3 is 23.2 Å². The van der Waals surface area contributed by atoms with Gasteiger partial charge in [0.2, 0.25) is 0 Å². The predicted octanol–water partition coefficient (Wildman–Crippen LogP) is -3.27. The molecule has 0 saturated heterocycles. The summed E-state index contributed by atoms with van der Waals surface area (Å²) in [4.78, 5) is 10.2. The lowest BCUT2D eigenvalue weighted by Crippen LogP contribution is -3.00. The molecule has 3 nitrogen and oxygen atoms in total. The van der Waals surface area contributed by atoms with Crippen molar-refractivity contribution < 1.29 is 28.0 Å². The molecule has 0 aromatic rings. The van der Waals surface area contributed by atoms with Gasteiger partial charge in [0.25, 0.3) is 0 Å². The quantitative estimate of drug-likeness (QED) is 0.464. The average molecular weight is 168 g/mol. The molecule has 0 rings (SSSR count). The maximum absolute atomic E-state index is 10.2. The minimum Gasteiger partial charge on any atom is -1.00 e. The van der Waals surface area contributed by atoms with Crippen molar-refractivity contribution in [2.24, 2.45) is 5.92 Å². The summed E-state index contributed by atoms with van der Waals surface area (Å²) in [6, 6.07) is -0.440. The normalized spacial score (nSPS) is 12.4. The van der Waals surface area contributed by atoms with Crippen molar-refractivity contribution in [3.8, 4) is 0 Å². The molecule has 4 N–H and O–H groups in total. The number of halogens is 1. The van der Waals surface area contributed by atoms with Crippen LogP contribution in [0.3, 0.4) is 0 Å². The van der Waals surface area contributed by atoms with E-state index in [0.29, 0.717) is 12.3 Å². The van der Waals surface area contributed by atoms with Gasteiger partial charge in [-0.3, -0.25) is 0 Å². The molecule has 0 saturated carbocycles. The third-order valence-electron chi connectivity index (χ3n) is 1.11. The Morgan fingerprint density at radius 2 is 2.00 bits per heavy atom. The van der Waals surface area contributed by atoms with Gasteiger partial charge in [0.05, 0.1) is 0 Å². The van der Waals surface area contributed by atoms with Gasteiger partial charge in [-0.25, -0.2) is 4.79 Å². The van der Waals surface area contributed by atoms with Crippen LogP contribution in [0.2, 0.25) is 0 Å². The summed E-state index contributed by atoms with van der Waals surface area (Å²) in [7, 11) is 0. The van der Waals surface area contributed by atoms with Gasteiger partial charge in [-0.05, 0) is 5.92 Å². The Bertz CT molecular complexity index is 106. The lowest BCUT2D eigenvalue weighted by Gasteiger charge is -2.04. The van der Waals surface area contributed by atoms with Crippen LogP contribution in [0.4, 0.5) is 0 Å². The van der Waals surface area contributed by atoms with Crippen LogP contribution in [0.1, 0.15) is 20.3 Å². The first kappa shape index (κ1) is 12.4. The number of hydrogen-bond acceptors (Lipinski definition) is 1. The lowest BCUT2D eigenvalue weighted by molar-refractivity contribution is -0.410. The molecule has 0 aliphatic carbocycles. The Labute approximate surface area is 67.0 Å². The second-order valence-electron chi connectivity index (χ2n) is 2.66. The standard InChI is InChI=1S/C6H13NO2.ClH/c1-4(2)3-5(7)6(8)9;/h4-5H,3,7H2,1-2H3,(H,8,9);1H/t5-;/m1./s1. The molecule has 0 radical (unpaired) electrons. The highest BCUT2D eigenvalue weighted by molar-refractivity contribution is 5.71. The molecule has 62 valence electrons. The Morgan fingerprint density at radius 3 is 2.10 bits per heavy atom. The molecule has 0 fully saturated rings. The largest absolute Gasteiger partial charge is 1.00 e. The van der Waals surface area contributed by atoms with E-state index in [2.05, 4.69) is 5.73 Å². The Balaban J connectivity index is 0. The van der Waals surface area contributed by atoms with E-state index >= 15 is 0 Å². The van der Waals surface area contributed by atoms with Crippen molar-refractivity contribution in [2.75, 3.05) is 0 Å². The van der Waals surface area contributed by atoms with Crippen molar-refractivity contribution in [1.29, 1.82) is 0 Å². The summed E-state index contributed by atoms with van der Waals surface area (Å²) in [5, 5.41) is 8.37. The van der Waals surface area contributed by atoms with Crippen molar-refractivity contribution in [3.05, 3.63) is 0 Å². The van der Waals surface area contributed by atoms with E-state index in [4.69, 9.17) is 5.11 Å². The molecule has 0 heterocycles. The first-order chi connectivity index (χ1) is 4.04. The van der Waals surface area contributed by atoms with Gasteiger partial charge in [-0.2, -0.15) is 0 Å².